The molecule has 0 spiro atoms. The zero-order valence-corrected chi connectivity index (χ0v) is 13.4. The van der Waals surface area contributed by atoms with Crippen molar-refractivity contribution in [3.05, 3.63) is 0 Å². The fourth-order valence-electron chi connectivity index (χ4n) is 3.70. The first-order valence-electron chi connectivity index (χ1n) is 7.66. The quantitative estimate of drug-likeness (QED) is 0.727. The van der Waals surface area contributed by atoms with Gasteiger partial charge in [-0.15, -0.1) is 11.6 Å². The summed E-state index contributed by atoms with van der Waals surface area (Å²) in [6, 6.07) is 0.437. The fourth-order valence-corrected chi connectivity index (χ4v) is 5.71. The molecule has 20 heavy (non-hydrogen) atoms. The number of rotatable bonds is 3. The normalized spacial score (nSPS) is 34.2. The number of alkyl halides is 1. The van der Waals surface area contributed by atoms with E-state index in [-0.39, 0.29) is 0 Å². The molecule has 0 aromatic rings. The molecule has 0 aliphatic carbocycles. The van der Waals surface area contributed by atoms with Crippen LogP contribution >= 0.6 is 11.6 Å². The van der Waals surface area contributed by atoms with Crippen LogP contribution in [0.2, 0.25) is 0 Å². The highest BCUT2D eigenvalue weighted by Gasteiger charge is 2.39. The van der Waals surface area contributed by atoms with Crippen LogP contribution in [-0.2, 0) is 10.2 Å². The average molecular weight is 322 g/mol. The van der Waals surface area contributed by atoms with Crippen molar-refractivity contribution in [1.29, 1.82) is 0 Å². The standard InChI is InChI=1S/C13H24ClN3O2S/c14-9-12-3-1-6-16(10-12)20(18,19)17-8-7-15-5-2-4-13(15)11-17/h12-13H,1-11H2. The molecule has 0 aromatic heterocycles. The van der Waals surface area contributed by atoms with Crippen molar-refractivity contribution in [2.45, 2.75) is 31.7 Å². The number of fused-ring (bicyclic) bond motifs is 1. The van der Waals surface area contributed by atoms with Gasteiger partial charge in [-0.3, -0.25) is 4.90 Å². The molecule has 0 saturated carbocycles. The number of hydrogen-bond donors (Lipinski definition) is 0. The maximum absolute atomic E-state index is 12.8. The molecule has 3 rings (SSSR count). The Morgan fingerprint density at radius 3 is 2.50 bits per heavy atom. The van der Waals surface area contributed by atoms with Gasteiger partial charge < -0.3 is 0 Å². The van der Waals surface area contributed by atoms with Crippen LogP contribution in [0.1, 0.15) is 25.7 Å². The predicted molar refractivity (Wildman–Crippen MR) is 80.1 cm³/mol. The van der Waals surface area contributed by atoms with Crippen molar-refractivity contribution in [1.82, 2.24) is 13.5 Å². The van der Waals surface area contributed by atoms with E-state index < -0.39 is 10.2 Å². The van der Waals surface area contributed by atoms with Gasteiger partial charge in [0, 0.05) is 44.6 Å². The van der Waals surface area contributed by atoms with Crippen LogP contribution in [0.25, 0.3) is 0 Å². The summed E-state index contributed by atoms with van der Waals surface area (Å²) in [4.78, 5) is 2.43. The van der Waals surface area contributed by atoms with Crippen LogP contribution in [0.15, 0.2) is 0 Å². The molecular weight excluding hydrogens is 298 g/mol. The zero-order valence-electron chi connectivity index (χ0n) is 11.9. The summed E-state index contributed by atoms with van der Waals surface area (Å²) >= 11 is 5.91. The molecule has 7 heteroatoms. The van der Waals surface area contributed by atoms with Gasteiger partial charge in [0.25, 0.3) is 10.2 Å². The third-order valence-electron chi connectivity index (χ3n) is 4.90. The minimum atomic E-state index is -3.29. The summed E-state index contributed by atoms with van der Waals surface area (Å²) in [5.41, 5.74) is 0. The highest BCUT2D eigenvalue weighted by Crippen LogP contribution is 2.26. The average Bonchev–Trinajstić information content (AvgIpc) is 2.94. The molecule has 0 bridgehead atoms. The van der Waals surface area contributed by atoms with Crippen molar-refractivity contribution in [2.24, 2.45) is 5.92 Å². The Hall–Kier alpha value is 0.120. The van der Waals surface area contributed by atoms with Gasteiger partial charge in [-0.1, -0.05) is 0 Å². The second-order valence-corrected chi connectivity index (χ2v) is 8.46. The Morgan fingerprint density at radius 2 is 1.70 bits per heavy atom. The Morgan fingerprint density at radius 1 is 0.950 bits per heavy atom. The van der Waals surface area contributed by atoms with Crippen LogP contribution < -0.4 is 0 Å². The lowest BCUT2D eigenvalue weighted by Gasteiger charge is -2.40. The molecular formula is C13H24ClN3O2S. The van der Waals surface area contributed by atoms with Gasteiger partial charge >= 0.3 is 0 Å². The SMILES string of the molecule is O=S(=O)(N1CCCC(CCl)C1)N1CCN2CCCC2C1. The maximum Gasteiger partial charge on any atom is 0.282 e. The van der Waals surface area contributed by atoms with Gasteiger partial charge in [-0.05, 0) is 38.1 Å². The van der Waals surface area contributed by atoms with Crippen molar-refractivity contribution in [3.63, 3.8) is 0 Å². The van der Waals surface area contributed by atoms with E-state index in [0.717, 1.165) is 32.4 Å². The van der Waals surface area contributed by atoms with Crippen molar-refractivity contribution >= 4 is 21.8 Å². The van der Waals surface area contributed by atoms with E-state index in [1.54, 1.807) is 8.61 Å². The van der Waals surface area contributed by atoms with E-state index in [4.69, 9.17) is 11.6 Å². The van der Waals surface area contributed by atoms with Gasteiger partial charge in [0.2, 0.25) is 0 Å². The first-order valence-corrected chi connectivity index (χ1v) is 9.59. The van der Waals surface area contributed by atoms with Crippen LogP contribution in [0.5, 0.6) is 0 Å². The smallest absolute Gasteiger partial charge is 0.282 e. The van der Waals surface area contributed by atoms with Crippen molar-refractivity contribution in [3.8, 4) is 0 Å². The summed E-state index contributed by atoms with van der Waals surface area (Å²) in [6.07, 6.45) is 4.32. The van der Waals surface area contributed by atoms with Crippen LogP contribution in [-0.4, -0.2) is 73.1 Å². The van der Waals surface area contributed by atoms with Crippen LogP contribution in [0.4, 0.5) is 0 Å². The van der Waals surface area contributed by atoms with E-state index in [1.807, 2.05) is 0 Å². The predicted octanol–water partition coefficient (Wildman–Crippen LogP) is 0.962. The summed E-state index contributed by atoms with van der Waals surface area (Å²) in [5, 5.41) is 0. The highest BCUT2D eigenvalue weighted by molar-refractivity contribution is 7.86. The molecule has 0 aromatic carbocycles. The Balaban J connectivity index is 1.68. The first-order chi connectivity index (χ1) is 9.61. The Labute approximate surface area is 127 Å². The summed E-state index contributed by atoms with van der Waals surface area (Å²) < 4.78 is 28.9. The number of piperazine rings is 1. The third-order valence-corrected chi connectivity index (χ3v) is 7.31. The molecule has 3 aliphatic heterocycles. The lowest BCUT2D eigenvalue weighted by Crippen LogP contribution is -2.56. The highest BCUT2D eigenvalue weighted by atomic mass is 35.5. The van der Waals surface area contributed by atoms with Crippen LogP contribution in [0, 0.1) is 5.92 Å². The van der Waals surface area contributed by atoms with Gasteiger partial charge in [0.15, 0.2) is 0 Å². The molecule has 0 radical (unpaired) electrons. The van der Waals surface area contributed by atoms with Gasteiger partial charge in [-0.25, -0.2) is 0 Å². The van der Waals surface area contributed by atoms with E-state index >= 15 is 0 Å². The number of hydrogen-bond acceptors (Lipinski definition) is 3. The molecule has 3 aliphatic rings. The molecule has 3 fully saturated rings. The maximum atomic E-state index is 12.8. The Bertz CT molecular complexity index is 445. The molecule has 2 atom stereocenters. The molecule has 3 saturated heterocycles. The van der Waals surface area contributed by atoms with Crippen LogP contribution in [0.3, 0.4) is 0 Å². The monoisotopic (exact) mass is 321 g/mol. The first kappa shape index (κ1) is 15.0. The van der Waals surface area contributed by atoms with Gasteiger partial charge in [0.1, 0.15) is 0 Å². The second-order valence-electron chi connectivity index (χ2n) is 6.22. The van der Waals surface area contributed by atoms with E-state index in [9.17, 15) is 8.42 Å². The molecule has 0 amide bonds. The summed E-state index contributed by atoms with van der Waals surface area (Å²) in [5.74, 6) is 0.871. The largest absolute Gasteiger partial charge is 0.298 e. The fraction of sp³-hybridized carbons (Fsp3) is 1.00. The van der Waals surface area contributed by atoms with E-state index in [1.165, 1.54) is 6.42 Å². The minimum Gasteiger partial charge on any atom is -0.298 e. The lowest BCUT2D eigenvalue weighted by atomic mass is 10.0. The molecule has 0 N–H and O–H groups in total. The van der Waals surface area contributed by atoms with E-state index in [2.05, 4.69) is 4.90 Å². The lowest BCUT2D eigenvalue weighted by molar-refractivity contribution is 0.148. The molecule has 3 heterocycles. The number of halogens is 1. The second kappa shape index (κ2) is 6.08. The topological polar surface area (TPSA) is 43.9 Å². The third kappa shape index (κ3) is 2.86. The van der Waals surface area contributed by atoms with Gasteiger partial charge in [-0.2, -0.15) is 17.0 Å². The summed E-state index contributed by atoms with van der Waals surface area (Å²) in [6.45, 7) is 4.58. The van der Waals surface area contributed by atoms with E-state index in [0.29, 0.717) is 44.0 Å². The minimum absolute atomic E-state index is 0.313. The number of nitrogens with zero attached hydrogens (tertiary/aromatic N) is 3. The number of piperidine rings is 1. The van der Waals surface area contributed by atoms with Gasteiger partial charge in [0.05, 0.1) is 0 Å². The molecule has 2 unspecified atom stereocenters. The van der Waals surface area contributed by atoms with Crippen molar-refractivity contribution < 1.29 is 8.42 Å². The molecule has 5 nitrogen and oxygen atoms in total. The van der Waals surface area contributed by atoms with Crippen molar-refractivity contribution in [2.75, 3.05) is 45.1 Å². The zero-order chi connectivity index (χ0) is 14.2. The molecule has 116 valence electrons. The summed E-state index contributed by atoms with van der Waals surface area (Å²) in [7, 11) is -3.29. The Kier molecular flexibility index (Phi) is 4.57.